The second-order valence-corrected chi connectivity index (χ2v) is 11.6. The molecule has 0 saturated heterocycles. The van der Waals surface area contributed by atoms with Gasteiger partial charge in [-0.05, 0) is 61.0 Å². The molecule has 192 valence electrons. The molecule has 3 aromatic rings. The van der Waals surface area contributed by atoms with Gasteiger partial charge in [-0.1, -0.05) is 17.7 Å². The number of halogens is 1. The molecule has 0 atom stereocenters. The maximum Gasteiger partial charge on any atom is 0.263 e. The lowest BCUT2D eigenvalue weighted by atomic mass is 10.2. The third kappa shape index (κ3) is 7.33. The summed E-state index contributed by atoms with van der Waals surface area (Å²) in [6.07, 6.45) is 2.82. The summed E-state index contributed by atoms with van der Waals surface area (Å²) < 4.78 is 58.2. The summed E-state index contributed by atoms with van der Waals surface area (Å²) in [6.45, 7) is 0.0608. The summed E-state index contributed by atoms with van der Waals surface area (Å²) >= 11 is 6.12. The van der Waals surface area contributed by atoms with Crippen LogP contribution >= 0.6 is 11.6 Å². The van der Waals surface area contributed by atoms with Gasteiger partial charge in [-0.2, -0.15) is 0 Å². The molecule has 0 fully saturated rings. The van der Waals surface area contributed by atoms with Crippen molar-refractivity contribution in [3.63, 3.8) is 0 Å². The minimum absolute atomic E-state index is 0.00750. The lowest BCUT2D eigenvalue weighted by molar-refractivity contribution is -0.116. The van der Waals surface area contributed by atoms with E-state index in [1.54, 1.807) is 24.3 Å². The van der Waals surface area contributed by atoms with Gasteiger partial charge in [-0.15, -0.1) is 0 Å². The molecule has 2 aromatic carbocycles. The first-order valence-corrected chi connectivity index (χ1v) is 14.4. The van der Waals surface area contributed by atoms with Gasteiger partial charge in [-0.25, -0.2) is 21.8 Å². The lowest BCUT2D eigenvalue weighted by Crippen LogP contribution is -2.31. The second-order valence-electron chi connectivity index (χ2n) is 7.65. The highest BCUT2D eigenvalue weighted by atomic mass is 35.5. The Morgan fingerprint density at radius 3 is 2.36 bits per heavy atom. The van der Waals surface area contributed by atoms with E-state index in [-0.39, 0.29) is 41.0 Å². The van der Waals surface area contributed by atoms with E-state index in [1.807, 2.05) is 0 Å². The topological polar surface area (TPSA) is 135 Å². The number of ether oxygens (including phenoxy) is 1. The average Bonchev–Trinajstić information content (AvgIpc) is 2.82. The number of methoxy groups -OCH3 is 1. The summed E-state index contributed by atoms with van der Waals surface area (Å²) in [7, 11) is -6.00. The van der Waals surface area contributed by atoms with Crippen molar-refractivity contribution in [2.45, 2.75) is 17.7 Å². The number of rotatable bonds is 11. The Morgan fingerprint density at radius 2 is 1.78 bits per heavy atom. The molecule has 0 aliphatic carbocycles. The molecule has 0 spiro atoms. The van der Waals surface area contributed by atoms with Gasteiger partial charge in [0.1, 0.15) is 11.6 Å². The zero-order valence-electron chi connectivity index (χ0n) is 19.5. The largest absolute Gasteiger partial charge is 0.495 e. The minimum Gasteiger partial charge on any atom is -0.495 e. The molecule has 2 N–H and O–H groups in total. The van der Waals surface area contributed by atoms with E-state index in [1.165, 1.54) is 54.0 Å². The molecule has 1 amide bonds. The molecule has 0 aliphatic heterocycles. The molecule has 0 bridgehead atoms. The lowest BCUT2D eigenvalue weighted by Gasteiger charge is -2.23. The van der Waals surface area contributed by atoms with Crippen molar-refractivity contribution in [2.24, 2.45) is 0 Å². The molecule has 1 heterocycles. The maximum atomic E-state index is 12.5. The quantitative estimate of drug-likeness (QED) is 0.370. The van der Waals surface area contributed by atoms with Crippen LogP contribution in [-0.4, -0.2) is 47.6 Å². The Balaban J connectivity index is 1.58. The van der Waals surface area contributed by atoms with E-state index in [0.29, 0.717) is 17.1 Å². The summed E-state index contributed by atoms with van der Waals surface area (Å²) in [4.78, 5) is 16.3. The predicted molar refractivity (Wildman–Crippen MR) is 140 cm³/mol. The van der Waals surface area contributed by atoms with Crippen LogP contribution in [0.3, 0.4) is 0 Å². The third-order valence-corrected chi connectivity index (χ3v) is 7.80. The zero-order chi connectivity index (χ0) is 26.3. The zero-order valence-corrected chi connectivity index (χ0v) is 21.9. The highest BCUT2D eigenvalue weighted by Gasteiger charge is 2.19. The van der Waals surface area contributed by atoms with Crippen LogP contribution in [0.25, 0.3) is 0 Å². The Morgan fingerprint density at radius 1 is 1.06 bits per heavy atom. The predicted octanol–water partition coefficient (Wildman–Crippen LogP) is 3.73. The molecule has 13 heteroatoms. The minimum atomic E-state index is -3.84. The SMILES string of the molecule is COc1ccc(N(CCCC(=O)Nc2ccc(S(=O)(=O)Nc3ccccn3)cc2)S(C)(=O)=O)cc1Cl. The average molecular weight is 553 g/mol. The van der Waals surface area contributed by atoms with Gasteiger partial charge in [0, 0.05) is 24.8 Å². The molecule has 1 aromatic heterocycles. The number of hydrogen-bond donors (Lipinski definition) is 2. The van der Waals surface area contributed by atoms with Gasteiger partial charge in [0.25, 0.3) is 10.0 Å². The molecule has 36 heavy (non-hydrogen) atoms. The van der Waals surface area contributed by atoms with E-state index in [2.05, 4.69) is 15.0 Å². The number of carbonyl (C=O) groups is 1. The number of nitrogens with one attached hydrogen (secondary N) is 2. The van der Waals surface area contributed by atoms with Gasteiger partial charge < -0.3 is 10.1 Å². The van der Waals surface area contributed by atoms with Crippen LogP contribution in [0.5, 0.6) is 5.75 Å². The van der Waals surface area contributed by atoms with Crippen molar-refractivity contribution in [1.82, 2.24) is 4.98 Å². The fraction of sp³-hybridized carbons (Fsp3) is 0.217. The van der Waals surface area contributed by atoms with Crippen LogP contribution in [0.1, 0.15) is 12.8 Å². The van der Waals surface area contributed by atoms with Gasteiger partial charge in [0.2, 0.25) is 15.9 Å². The van der Waals surface area contributed by atoms with Crippen molar-refractivity contribution in [2.75, 3.05) is 34.3 Å². The number of nitrogens with zero attached hydrogens (tertiary/aromatic N) is 2. The summed E-state index contributed by atoms with van der Waals surface area (Å²) in [6, 6.07) is 15.1. The number of benzene rings is 2. The van der Waals surface area contributed by atoms with Gasteiger partial charge >= 0.3 is 0 Å². The first kappa shape index (κ1) is 27.2. The monoisotopic (exact) mass is 552 g/mol. The molecular weight excluding hydrogens is 528 g/mol. The number of carbonyl (C=O) groups excluding carboxylic acids is 1. The van der Waals surface area contributed by atoms with Crippen LogP contribution in [-0.2, 0) is 24.8 Å². The molecule has 10 nitrogen and oxygen atoms in total. The Labute approximate surface area is 215 Å². The number of sulfonamides is 2. The second kappa shape index (κ2) is 11.6. The fourth-order valence-electron chi connectivity index (χ4n) is 3.24. The van der Waals surface area contributed by atoms with Crippen molar-refractivity contribution in [1.29, 1.82) is 0 Å². The van der Waals surface area contributed by atoms with Crippen LogP contribution < -0.4 is 19.1 Å². The van der Waals surface area contributed by atoms with Crippen LogP contribution in [0.4, 0.5) is 17.2 Å². The highest BCUT2D eigenvalue weighted by molar-refractivity contribution is 7.92. The Kier molecular flexibility index (Phi) is 8.77. The van der Waals surface area contributed by atoms with E-state index >= 15 is 0 Å². The number of pyridine rings is 1. The van der Waals surface area contributed by atoms with Crippen LogP contribution in [0.15, 0.2) is 71.8 Å². The molecule has 0 unspecified atom stereocenters. The van der Waals surface area contributed by atoms with Crippen molar-refractivity contribution < 1.29 is 26.4 Å². The first-order valence-electron chi connectivity index (χ1n) is 10.6. The van der Waals surface area contributed by atoms with Gasteiger partial charge in [0.05, 0.1) is 29.0 Å². The normalized spacial score (nSPS) is 11.5. The smallest absolute Gasteiger partial charge is 0.263 e. The number of hydrogen-bond acceptors (Lipinski definition) is 7. The van der Waals surface area contributed by atoms with Crippen LogP contribution in [0.2, 0.25) is 5.02 Å². The van der Waals surface area contributed by atoms with Crippen molar-refractivity contribution in [3.05, 3.63) is 71.9 Å². The number of amides is 1. The molecule has 0 aliphatic rings. The number of anilines is 3. The highest BCUT2D eigenvalue weighted by Crippen LogP contribution is 2.30. The Bertz CT molecular complexity index is 1420. The van der Waals surface area contributed by atoms with E-state index < -0.39 is 20.0 Å². The Hall–Kier alpha value is -3.35. The summed E-state index contributed by atoms with van der Waals surface area (Å²) in [5.74, 6) is 0.257. The van der Waals surface area contributed by atoms with Gasteiger partial charge in [0.15, 0.2) is 0 Å². The fourth-order valence-corrected chi connectivity index (χ4v) is 5.46. The summed E-state index contributed by atoms with van der Waals surface area (Å²) in [5, 5.41) is 2.94. The molecule has 3 rings (SSSR count). The molecule has 0 saturated carbocycles. The van der Waals surface area contributed by atoms with Crippen molar-refractivity contribution >= 4 is 54.7 Å². The summed E-state index contributed by atoms with van der Waals surface area (Å²) in [5.41, 5.74) is 0.763. The van der Waals surface area contributed by atoms with Crippen molar-refractivity contribution in [3.8, 4) is 5.75 Å². The van der Waals surface area contributed by atoms with E-state index in [9.17, 15) is 21.6 Å². The van der Waals surface area contributed by atoms with E-state index in [4.69, 9.17) is 16.3 Å². The van der Waals surface area contributed by atoms with Crippen LogP contribution in [0, 0.1) is 0 Å². The van der Waals surface area contributed by atoms with Gasteiger partial charge in [-0.3, -0.25) is 13.8 Å². The molecular formula is C23H25ClN4O6S2. The number of aromatic nitrogens is 1. The standard InChI is InChI=1S/C23H25ClN4O6S2/c1-34-21-13-10-18(16-20(21)24)28(35(2,30)31)15-5-7-23(29)26-17-8-11-19(12-9-17)36(32,33)27-22-6-3-4-14-25-22/h3-4,6,8-14,16H,5,7,15H2,1-2H3,(H,25,27)(H,26,29). The molecule has 0 radical (unpaired) electrons. The first-order chi connectivity index (χ1) is 17.0. The maximum absolute atomic E-state index is 12.5. The van der Waals surface area contributed by atoms with E-state index in [0.717, 1.165) is 6.26 Å². The third-order valence-electron chi connectivity index (χ3n) is 4.94.